The fourth-order valence-electron chi connectivity index (χ4n) is 2.49. The van der Waals surface area contributed by atoms with Crippen molar-refractivity contribution < 1.29 is 0 Å². The summed E-state index contributed by atoms with van der Waals surface area (Å²) in [6.07, 6.45) is 2.76. The Morgan fingerprint density at radius 2 is 1.75 bits per heavy atom. The molecular weight excluding hydrogens is 298 g/mol. The lowest BCUT2D eigenvalue weighted by Crippen LogP contribution is -2.06. The van der Waals surface area contributed by atoms with Crippen LogP contribution in [0.25, 0.3) is 0 Å². The van der Waals surface area contributed by atoms with Gasteiger partial charge in [-0.15, -0.1) is 0 Å². The van der Waals surface area contributed by atoms with Gasteiger partial charge in [0.2, 0.25) is 0 Å². The molecule has 0 saturated heterocycles. The van der Waals surface area contributed by atoms with Crippen LogP contribution in [0, 0.1) is 6.92 Å². The van der Waals surface area contributed by atoms with Gasteiger partial charge in [-0.25, -0.2) is 9.97 Å². The number of rotatable bonds is 6. The maximum atomic E-state index is 4.48. The van der Waals surface area contributed by atoms with E-state index < -0.39 is 0 Å². The van der Waals surface area contributed by atoms with Crippen LogP contribution in [0.4, 0.5) is 17.3 Å². The zero-order valence-corrected chi connectivity index (χ0v) is 14.0. The van der Waals surface area contributed by atoms with Gasteiger partial charge in [0, 0.05) is 18.0 Å². The minimum Gasteiger partial charge on any atom is -0.364 e. The Hall–Kier alpha value is -2.95. The Labute approximate surface area is 142 Å². The Bertz CT molecular complexity index is 802. The van der Waals surface area contributed by atoms with Crippen molar-refractivity contribution >= 4 is 17.3 Å². The molecular formula is C19H21N5. The van der Waals surface area contributed by atoms with Crippen LogP contribution in [0.3, 0.4) is 0 Å². The number of nitrogens with zero attached hydrogens (tertiary/aromatic N) is 3. The van der Waals surface area contributed by atoms with E-state index in [1.165, 1.54) is 5.56 Å². The minimum atomic E-state index is 0.627. The third kappa shape index (κ3) is 4.07. The van der Waals surface area contributed by atoms with Gasteiger partial charge >= 0.3 is 0 Å². The first kappa shape index (κ1) is 15.9. The third-order valence-electron chi connectivity index (χ3n) is 3.68. The van der Waals surface area contributed by atoms with Crippen molar-refractivity contribution in [3.63, 3.8) is 0 Å². The molecule has 0 unspecified atom stereocenters. The smallest absolute Gasteiger partial charge is 0.136 e. The van der Waals surface area contributed by atoms with Crippen molar-refractivity contribution in [2.45, 2.75) is 26.8 Å². The van der Waals surface area contributed by atoms with Gasteiger partial charge < -0.3 is 10.6 Å². The van der Waals surface area contributed by atoms with Gasteiger partial charge in [0.25, 0.3) is 0 Å². The average molecular weight is 319 g/mol. The van der Waals surface area contributed by atoms with E-state index in [0.29, 0.717) is 6.54 Å². The molecule has 0 aliphatic heterocycles. The molecule has 5 nitrogen and oxygen atoms in total. The Balaban J connectivity index is 1.76. The molecule has 0 aliphatic rings. The molecule has 0 bridgehead atoms. The number of pyridine rings is 1. The topological polar surface area (TPSA) is 62.7 Å². The van der Waals surface area contributed by atoms with E-state index in [1.807, 2.05) is 37.3 Å². The second-order valence-electron chi connectivity index (χ2n) is 5.50. The zero-order valence-electron chi connectivity index (χ0n) is 14.0. The van der Waals surface area contributed by atoms with Crippen molar-refractivity contribution in [2.75, 3.05) is 10.6 Å². The van der Waals surface area contributed by atoms with Crippen molar-refractivity contribution in [2.24, 2.45) is 0 Å². The highest BCUT2D eigenvalue weighted by Crippen LogP contribution is 2.21. The summed E-state index contributed by atoms with van der Waals surface area (Å²) in [6, 6.07) is 16.0. The molecule has 0 spiro atoms. The highest BCUT2D eigenvalue weighted by molar-refractivity contribution is 5.62. The van der Waals surface area contributed by atoms with Crippen LogP contribution in [0.15, 0.2) is 54.7 Å². The van der Waals surface area contributed by atoms with E-state index in [4.69, 9.17) is 0 Å². The molecule has 1 aromatic carbocycles. The summed E-state index contributed by atoms with van der Waals surface area (Å²) < 4.78 is 0. The summed E-state index contributed by atoms with van der Waals surface area (Å²) in [5.74, 6) is 2.29. The summed E-state index contributed by atoms with van der Waals surface area (Å²) >= 11 is 0. The standard InChI is InChI=1S/C19H21N5/c1-3-15-8-4-5-10-17(15)24-19-12-18(22-14(2)23-19)21-13-16-9-6-7-11-20-16/h4-12H,3,13H2,1-2H3,(H2,21,22,23,24). The van der Waals surface area contributed by atoms with E-state index in [9.17, 15) is 0 Å². The van der Waals surface area contributed by atoms with E-state index in [1.54, 1.807) is 6.20 Å². The SMILES string of the molecule is CCc1ccccc1Nc1cc(NCc2ccccn2)nc(C)n1. The molecule has 3 aromatic rings. The average Bonchev–Trinajstić information content (AvgIpc) is 2.61. The number of aryl methyl sites for hydroxylation is 2. The first-order chi connectivity index (χ1) is 11.7. The molecule has 3 rings (SSSR count). The van der Waals surface area contributed by atoms with Gasteiger partial charge in [0.15, 0.2) is 0 Å². The number of benzene rings is 1. The molecule has 0 fully saturated rings. The zero-order chi connectivity index (χ0) is 16.8. The first-order valence-corrected chi connectivity index (χ1v) is 8.09. The Kier molecular flexibility index (Phi) is 5.01. The second kappa shape index (κ2) is 7.55. The molecule has 2 N–H and O–H groups in total. The number of hydrogen-bond donors (Lipinski definition) is 2. The van der Waals surface area contributed by atoms with Crippen LogP contribution in [0.1, 0.15) is 24.0 Å². The monoisotopic (exact) mass is 319 g/mol. The van der Waals surface area contributed by atoms with Crippen LogP contribution in [0.2, 0.25) is 0 Å². The van der Waals surface area contributed by atoms with Crippen molar-refractivity contribution in [1.82, 2.24) is 15.0 Å². The number of hydrogen-bond acceptors (Lipinski definition) is 5. The highest BCUT2D eigenvalue weighted by atomic mass is 15.1. The van der Waals surface area contributed by atoms with E-state index in [0.717, 1.165) is 35.3 Å². The molecule has 0 saturated carbocycles. The lowest BCUT2D eigenvalue weighted by Gasteiger charge is -2.12. The molecule has 2 aromatic heterocycles. The fourth-order valence-corrected chi connectivity index (χ4v) is 2.49. The van der Waals surface area contributed by atoms with Crippen molar-refractivity contribution in [3.8, 4) is 0 Å². The molecule has 5 heteroatoms. The number of nitrogens with one attached hydrogen (secondary N) is 2. The Morgan fingerprint density at radius 1 is 0.958 bits per heavy atom. The lowest BCUT2D eigenvalue weighted by atomic mass is 10.1. The minimum absolute atomic E-state index is 0.627. The van der Waals surface area contributed by atoms with E-state index in [-0.39, 0.29) is 0 Å². The van der Waals surface area contributed by atoms with Gasteiger partial charge in [-0.1, -0.05) is 31.2 Å². The van der Waals surface area contributed by atoms with E-state index in [2.05, 4.69) is 50.7 Å². The maximum absolute atomic E-state index is 4.48. The quantitative estimate of drug-likeness (QED) is 0.716. The lowest BCUT2D eigenvalue weighted by molar-refractivity contribution is 0.996. The molecule has 0 atom stereocenters. The van der Waals surface area contributed by atoms with Gasteiger partial charge in [0.05, 0.1) is 12.2 Å². The van der Waals surface area contributed by atoms with Crippen LogP contribution < -0.4 is 10.6 Å². The predicted octanol–water partition coefficient (Wildman–Crippen LogP) is 4.10. The summed E-state index contributed by atoms with van der Waals surface area (Å²) in [5, 5.41) is 6.70. The molecule has 122 valence electrons. The van der Waals surface area contributed by atoms with Crippen LogP contribution in [-0.2, 0) is 13.0 Å². The summed E-state index contributed by atoms with van der Waals surface area (Å²) in [4.78, 5) is 13.2. The summed E-state index contributed by atoms with van der Waals surface area (Å²) in [7, 11) is 0. The highest BCUT2D eigenvalue weighted by Gasteiger charge is 2.05. The molecule has 2 heterocycles. The molecule has 24 heavy (non-hydrogen) atoms. The normalized spacial score (nSPS) is 10.4. The molecule has 0 amide bonds. The molecule has 0 aliphatic carbocycles. The van der Waals surface area contributed by atoms with Crippen molar-refractivity contribution in [1.29, 1.82) is 0 Å². The number of anilines is 3. The largest absolute Gasteiger partial charge is 0.364 e. The second-order valence-corrected chi connectivity index (χ2v) is 5.50. The fraction of sp³-hybridized carbons (Fsp3) is 0.211. The molecule has 0 radical (unpaired) electrons. The van der Waals surface area contributed by atoms with Gasteiger partial charge in [-0.3, -0.25) is 4.98 Å². The van der Waals surface area contributed by atoms with E-state index >= 15 is 0 Å². The number of aromatic nitrogens is 3. The summed E-state index contributed by atoms with van der Waals surface area (Å²) in [6.45, 7) is 4.66. The first-order valence-electron chi connectivity index (χ1n) is 8.09. The summed E-state index contributed by atoms with van der Waals surface area (Å²) in [5.41, 5.74) is 3.31. The third-order valence-corrected chi connectivity index (χ3v) is 3.68. The van der Waals surface area contributed by atoms with Crippen molar-refractivity contribution in [3.05, 3.63) is 71.8 Å². The van der Waals surface area contributed by atoms with Gasteiger partial charge in [0.1, 0.15) is 17.5 Å². The van der Waals surface area contributed by atoms with Crippen LogP contribution in [-0.4, -0.2) is 15.0 Å². The van der Waals surface area contributed by atoms with Gasteiger partial charge in [-0.2, -0.15) is 0 Å². The van der Waals surface area contributed by atoms with Crippen LogP contribution >= 0.6 is 0 Å². The van der Waals surface area contributed by atoms with Crippen LogP contribution in [0.5, 0.6) is 0 Å². The van der Waals surface area contributed by atoms with Gasteiger partial charge in [-0.05, 0) is 37.1 Å². The predicted molar refractivity (Wildman–Crippen MR) is 97.4 cm³/mol. The Morgan fingerprint density at radius 3 is 2.54 bits per heavy atom. The maximum Gasteiger partial charge on any atom is 0.136 e. The number of para-hydroxylation sites is 1.